The molecule has 8 heteroatoms. The van der Waals surface area contributed by atoms with E-state index in [9.17, 15) is 4.79 Å². The summed E-state index contributed by atoms with van der Waals surface area (Å²) in [5.74, 6) is 0.429. The van der Waals surface area contributed by atoms with Crippen LogP contribution in [0.2, 0.25) is 0 Å². The molecule has 132 valence electrons. The van der Waals surface area contributed by atoms with Gasteiger partial charge in [0.1, 0.15) is 11.7 Å². The summed E-state index contributed by atoms with van der Waals surface area (Å²) in [4.78, 5) is 13.2. The summed E-state index contributed by atoms with van der Waals surface area (Å²) < 4.78 is 3.08. The van der Waals surface area contributed by atoms with Gasteiger partial charge in [-0.15, -0.1) is 0 Å². The highest BCUT2D eigenvalue weighted by molar-refractivity contribution is 5.65. The van der Waals surface area contributed by atoms with Crippen LogP contribution in [0.3, 0.4) is 0 Å². The molecule has 3 heterocycles. The minimum absolute atomic E-state index is 0.239. The molecule has 0 saturated heterocycles. The van der Waals surface area contributed by atoms with Gasteiger partial charge in [0.05, 0.1) is 11.4 Å². The number of nitrogens with one attached hydrogen (secondary N) is 1. The van der Waals surface area contributed by atoms with Gasteiger partial charge in [-0.25, -0.2) is 0 Å². The molecular formula is C19H15N7O. The summed E-state index contributed by atoms with van der Waals surface area (Å²) in [7, 11) is 0. The quantitative estimate of drug-likeness (QED) is 0.521. The van der Waals surface area contributed by atoms with Crippen LogP contribution in [-0.4, -0.2) is 30.0 Å². The predicted molar refractivity (Wildman–Crippen MR) is 99.4 cm³/mol. The van der Waals surface area contributed by atoms with Crippen LogP contribution in [0.1, 0.15) is 22.9 Å². The van der Waals surface area contributed by atoms with Crippen LogP contribution in [0.5, 0.6) is 0 Å². The Balaban J connectivity index is 1.79. The molecule has 1 aliphatic rings. The van der Waals surface area contributed by atoms with Crippen molar-refractivity contribution in [2.24, 2.45) is 0 Å². The first kappa shape index (κ1) is 15.4. The maximum absolute atomic E-state index is 13.2. The van der Waals surface area contributed by atoms with Crippen LogP contribution in [0, 0.1) is 6.92 Å². The third-order valence-electron chi connectivity index (χ3n) is 4.68. The molecule has 1 atom stereocenters. The monoisotopic (exact) mass is 357 g/mol. The standard InChI is InChI=1S/C19H15N7O/c1-12-15-16(18(27)25(22-12)14-10-6-3-7-11-14)20-19-21-23-24-26(19)17(15)13-8-4-2-5-9-13/h2-11,17H,1H3,(H,20,21,24)/t17-/m1/s1. The van der Waals surface area contributed by atoms with Gasteiger partial charge in [-0.05, 0) is 35.0 Å². The summed E-state index contributed by atoms with van der Waals surface area (Å²) in [6.45, 7) is 1.89. The Kier molecular flexibility index (Phi) is 3.36. The zero-order valence-electron chi connectivity index (χ0n) is 14.4. The van der Waals surface area contributed by atoms with Gasteiger partial charge >= 0.3 is 0 Å². The lowest BCUT2D eigenvalue weighted by atomic mass is 9.95. The van der Waals surface area contributed by atoms with Gasteiger partial charge in [0.2, 0.25) is 5.95 Å². The van der Waals surface area contributed by atoms with E-state index < -0.39 is 0 Å². The zero-order valence-corrected chi connectivity index (χ0v) is 14.4. The Hall–Kier alpha value is -3.81. The molecule has 0 spiro atoms. The number of benzene rings is 2. The average molecular weight is 357 g/mol. The summed E-state index contributed by atoms with van der Waals surface area (Å²) in [6.07, 6.45) is 0. The number of hydrogen-bond donors (Lipinski definition) is 1. The lowest BCUT2D eigenvalue weighted by Gasteiger charge is -2.28. The molecule has 0 radical (unpaired) electrons. The van der Waals surface area contributed by atoms with E-state index in [0.29, 0.717) is 17.3 Å². The fourth-order valence-corrected chi connectivity index (χ4v) is 3.48. The maximum atomic E-state index is 13.2. The van der Waals surface area contributed by atoms with E-state index in [2.05, 4.69) is 25.9 Å². The Bertz CT molecular complexity index is 1180. The van der Waals surface area contributed by atoms with E-state index in [4.69, 9.17) is 0 Å². The third kappa shape index (κ3) is 2.34. The topological polar surface area (TPSA) is 90.5 Å². The van der Waals surface area contributed by atoms with E-state index in [-0.39, 0.29) is 11.6 Å². The molecule has 4 aromatic rings. The van der Waals surface area contributed by atoms with Gasteiger partial charge in [-0.3, -0.25) is 4.79 Å². The van der Waals surface area contributed by atoms with Gasteiger partial charge in [0.15, 0.2) is 0 Å². The number of fused-ring (bicyclic) bond motifs is 2. The molecule has 2 aromatic heterocycles. The molecule has 0 aliphatic carbocycles. The van der Waals surface area contributed by atoms with E-state index in [1.165, 1.54) is 4.68 Å². The van der Waals surface area contributed by atoms with Crippen molar-refractivity contribution in [3.05, 3.63) is 87.8 Å². The molecular weight excluding hydrogens is 342 g/mol. The summed E-state index contributed by atoms with van der Waals surface area (Å²) >= 11 is 0. The Morgan fingerprint density at radius 3 is 2.44 bits per heavy atom. The molecule has 0 bridgehead atoms. The summed E-state index contributed by atoms with van der Waals surface area (Å²) in [6, 6.07) is 18.9. The van der Waals surface area contributed by atoms with Crippen molar-refractivity contribution in [2.45, 2.75) is 13.0 Å². The average Bonchev–Trinajstić information content (AvgIpc) is 3.19. The predicted octanol–water partition coefficient (Wildman–Crippen LogP) is 2.22. The zero-order chi connectivity index (χ0) is 18.4. The molecule has 5 rings (SSSR count). The van der Waals surface area contributed by atoms with Crippen molar-refractivity contribution in [3.8, 4) is 5.69 Å². The molecule has 2 aromatic carbocycles. The number of aromatic nitrogens is 6. The van der Waals surface area contributed by atoms with Gasteiger partial charge in [0.25, 0.3) is 5.56 Å². The molecule has 0 saturated carbocycles. The minimum atomic E-state index is -0.321. The molecule has 1 N–H and O–H groups in total. The number of para-hydroxylation sites is 1. The van der Waals surface area contributed by atoms with Crippen molar-refractivity contribution < 1.29 is 0 Å². The second kappa shape index (κ2) is 5.87. The Morgan fingerprint density at radius 2 is 1.70 bits per heavy atom. The first-order chi connectivity index (χ1) is 13.2. The number of aryl methyl sites for hydroxylation is 1. The highest BCUT2D eigenvalue weighted by Crippen LogP contribution is 2.37. The smallest absolute Gasteiger partial charge is 0.295 e. The number of hydrogen-bond acceptors (Lipinski definition) is 6. The maximum Gasteiger partial charge on any atom is 0.295 e. The fourth-order valence-electron chi connectivity index (χ4n) is 3.48. The largest absolute Gasteiger partial charge is 0.318 e. The van der Waals surface area contributed by atoms with Crippen molar-refractivity contribution in [1.82, 2.24) is 30.0 Å². The number of tetrazole rings is 1. The van der Waals surface area contributed by atoms with Gasteiger partial charge in [0, 0.05) is 5.56 Å². The highest BCUT2D eigenvalue weighted by atomic mass is 16.1. The van der Waals surface area contributed by atoms with E-state index in [1.807, 2.05) is 67.6 Å². The third-order valence-corrected chi connectivity index (χ3v) is 4.68. The fraction of sp³-hybridized carbons (Fsp3) is 0.105. The van der Waals surface area contributed by atoms with Crippen LogP contribution in [-0.2, 0) is 0 Å². The molecule has 27 heavy (non-hydrogen) atoms. The summed E-state index contributed by atoms with van der Waals surface area (Å²) in [5, 5.41) is 19.6. The van der Waals surface area contributed by atoms with Crippen molar-refractivity contribution >= 4 is 11.6 Å². The summed E-state index contributed by atoms with van der Waals surface area (Å²) in [5.41, 5.74) is 3.40. The lowest BCUT2D eigenvalue weighted by molar-refractivity contribution is 0.559. The van der Waals surface area contributed by atoms with Gasteiger partial charge in [-0.2, -0.15) is 14.5 Å². The molecule has 0 amide bonds. The SMILES string of the molecule is Cc1nn(-c2ccccc2)c(=O)c2c1[C@@H](c1ccccc1)n1nnnc1N2. The van der Waals surface area contributed by atoms with Crippen LogP contribution in [0.15, 0.2) is 65.5 Å². The number of nitrogens with zero attached hydrogens (tertiary/aromatic N) is 6. The minimum Gasteiger partial charge on any atom is -0.318 e. The van der Waals surface area contributed by atoms with Gasteiger partial charge in [-0.1, -0.05) is 53.6 Å². The second-order valence-corrected chi connectivity index (χ2v) is 6.31. The first-order valence-electron chi connectivity index (χ1n) is 8.53. The Morgan fingerprint density at radius 1 is 1.00 bits per heavy atom. The molecule has 0 fully saturated rings. The number of rotatable bonds is 2. The van der Waals surface area contributed by atoms with E-state index in [1.54, 1.807) is 4.68 Å². The van der Waals surface area contributed by atoms with Crippen LogP contribution < -0.4 is 10.9 Å². The molecule has 0 unspecified atom stereocenters. The first-order valence-corrected chi connectivity index (χ1v) is 8.53. The van der Waals surface area contributed by atoms with Gasteiger partial charge < -0.3 is 5.32 Å². The van der Waals surface area contributed by atoms with Crippen molar-refractivity contribution in [1.29, 1.82) is 0 Å². The van der Waals surface area contributed by atoms with Crippen molar-refractivity contribution in [3.63, 3.8) is 0 Å². The van der Waals surface area contributed by atoms with Crippen LogP contribution in [0.4, 0.5) is 11.6 Å². The molecule has 1 aliphatic heterocycles. The van der Waals surface area contributed by atoms with E-state index >= 15 is 0 Å². The lowest BCUT2D eigenvalue weighted by Crippen LogP contribution is -2.33. The second-order valence-electron chi connectivity index (χ2n) is 6.31. The van der Waals surface area contributed by atoms with Crippen LogP contribution in [0.25, 0.3) is 5.69 Å². The van der Waals surface area contributed by atoms with Crippen LogP contribution >= 0.6 is 0 Å². The number of anilines is 2. The Labute approximate surface area is 154 Å². The highest BCUT2D eigenvalue weighted by Gasteiger charge is 2.33. The van der Waals surface area contributed by atoms with E-state index in [0.717, 1.165) is 16.8 Å². The molecule has 8 nitrogen and oxygen atoms in total. The normalized spacial score (nSPS) is 14.9. The van der Waals surface area contributed by atoms with Crippen molar-refractivity contribution in [2.75, 3.05) is 5.32 Å².